The summed E-state index contributed by atoms with van der Waals surface area (Å²) in [5.41, 5.74) is 5.91. The predicted molar refractivity (Wildman–Crippen MR) is 59.6 cm³/mol. The lowest BCUT2D eigenvalue weighted by molar-refractivity contribution is 0.259. The number of nitrogens with one attached hydrogen (secondary N) is 1. The summed E-state index contributed by atoms with van der Waals surface area (Å²) in [4.78, 5) is 14.8. The molecule has 3 N–H and O–H groups in total. The minimum atomic E-state index is -0.676. The first-order valence-electron chi connectivity index (χ1n) is 4.70. The minimum Gasteiger partial charge on any atom is -0.351 e. The molecule has 0 aliphatic heterocycles. The van der Waals surface area contributed by atoms with Gasteiger partial charge in [-0.1, -0.05) is 30.3 Å². The molecule has 2 aromatic rings. The summed E-state index contributed by atoms with van der Waals surface area (Å²) in [5.74, 6) is 0.873. The van der Waals surface area contributed by atoms with Crippen LogP contribution >= 0.6 is 0 Å². The van der Waals surface area contributed by atoms with Gasteiger partial charge in [-0.25, -0.2) is 9.48 Å². The van der Waals surface area contributed by atoms with Gasteiger partial charge in [-0.2, -0.15) is 4.98 Å². The lowest BCUT2D eigenvalue weighted by atomic mass is 10.2. The highest BCUT2D eigenvalue weighted by Gasteiger charge is 2.09. The van der Waals surface area contributed by atoms with Crippen molar-refractivity contribution in [1.29, 1.82) is 0 Å². The van der Waals surface area contributed by atoms with Crippen molar-refractivity contribution in [2.45, 2.75) is 0 Å². The van der Waals surface area contributed by atoms with Gasteiger partial charge in [-0.3, -0.25) is 5.32 Å². The molecule has 0 saturated carbocycles. The Morgan fingerprint density at radius 2 is 2.06 bits per heavy atom. The van der Waals surface area contributed by atoms with E-state index in [0.29, 0.717) is 5.82 Å². The second-order valence-corrected chi connectivity index (χ2v) is 3.24. The quantitative estimate of drug-likeness (QED) is 0.785. The number of nitrogens with zero attached hydrogens (tertiary/aromatic N) is 3. The van der Waals surface area contributed by atoms with Crippen LogP contribution < -0.4 is 11.1 Å². The Bertz CT molecular complexity index is 505. The minimum absolute atomic E-state index is 0.203. The van der Waals surface area contributed by atoms with Crippen molar-refractivity contribution in [2.75, 3.05) is 5.32 Å². The molecule has 6 nitrogen and oxygen atoms in total. The molecule has 1 aromatic carbocycles. The first-order chi connectivity index (χ1) is 7.66. The average molecular weight is 217 g/mol. The molecule has 16 heavy (non-hydrogen) atoms. The molecule has 2 amide bonds. The molecule has 1 heterocycles. The first-order valence-corrected chi connectivity index (χ1v) is 4.70. The van der Waals surface area contributed by atoms with Crippen molar-refractivity contribution in [2.24, 2.45) is 12.8 Å². The first kappa shape index (κ1) is 10.2. The number of primary amides is 1. The summed E-state index contributed by atoms with van der Waals surface area (Å²) < 4.78 is 1.58. The Morgan fingerprint density at radius 1 is 1.38 bits per heavy atom. The molecule has 2 rings (SSSR count). The number of hydrogen-bond donors (Lipinski definition) is 2. The number of amides is 2. The number of carbonyl (C=O) groups excluding carboxylic acids is 1. The molecular formula is C10H11N5O. The van der Waals surface area contributed by atoms with Crippen molar-refractivity contribution in [3.8, 4) is 11.4 Å². The van der Waals surface area contributed by atoms with Crippen molar-refractivity contribution >= 4 is 12.0 Å². The summed E-state index contributed by atoms with van der Waals surface area (Å²) in [6.07, 6.45) is 0. The third-order valence-corrected chi connectivity index (χ3v) is 2.03. The summed E-state index contributed by atoms with van der Waals surface area (Å²) in [6, 6.07) is 8.89. The van der Waals surface area contributed by atoms with Crippen LogP contribution in [0.4, 0.5) is 10.7 Å². The molecule has 82 valence electrons. The third-order valence-electron chi connectivity index (χ3n) is 2.03. The van der Waals surface area contributed by atoms with Crippen LogP contribution in [0.25, 0.3) is 11.4 Å². The molecule has 0 radical (unpaired) electrons. The van der Waals surface area contributed by atoms with Gasteiger partial charge in [-0.15, -0.1) is 5.10 Å². The van der Waals surface area contributed by atoms with Crippen LogP contribution in [0.3, 0.4) is 0 Å². The Hall–Kier alpha value is -2.37. The Morgan fingerprint density at radius 3 is 2.69 bits per heavy atom. The van der Waals surface area contributed by atoms with E-state index in [1.807, 2.05) is 30.3 Å². The van der Waals surface area contributed by atoms with Gasteiger partial charge in [0.25, 0.3) is 5.95 Å². The highest BCUT2D eigenvalue weighted by atomic mass is 16.2. The number of carbonyl (C=O) groups is 1. The molecule has 6 heteroatoms. The highest BCUT2D eigenvalue weighted by molar-refractivity contribution is 5.85. The van der Waals surface area contributed by atoms with E-state index in [-0.39, 0.29) is 5.95 Å². The normalized spacial score (nSPS) is 10.1. The zero-order chi connectivity index (χ0) is 11.5. The Kier molecular flexibility index (Phi) is 2.55. The second kappa shape index (κ2) is 4.01. The van der Waals surface area contributed by atoms with E-state index in [1.165, 1.54) is 0 Å². The van der Waals surface area contributed by atoms with Gasteiger partial charge in [0.05, 0.1) is 0 Å². The van der Waals surface area contributed by atoms with E-state index >= 15 is 0 Å². The van der Waals surface area contributed by atoms with Crippen LogP contribution in [0.1, 0.15) is 0 Å². The number of aromatic nitrogens is 3. The van der Waals surface area contributed by atoms with Gasteiger partial charge < -0.3 is 5.73 Å². The van der Waals surface area contributed by atoms with Crippen LogP contribution in [0.2, 0.25) is 0 Å². The zero-order valence-corrected chi connectivity index (χ0v) is 8.71. The standard InChI is InChI=1S/C10H11N5O/c1-15-8(7-5-3-2-4-6-7)12-10(14-15)13-9(11)16/h2-6H,1H3,(H3,11,13,14,16). The smallest absolute Gasteiger partial charge is 0.319 e. The number of rotatable bonds is 2. The summed E-state index contributed by atoms with van der Waals surface area (Å²) in [6.45, 7) is 0. The largest absolute Gasteiger partial charge is 0.351 e. The SMILES string of the molecule is Cn1nc(NC(N)=O)nc1-c1ccccc1. The molecule has 0 atom stereocenters. The van der Waals surface area contributed by atoms with Crippen LogP contribution in [0.15, 0.2) is 30.3 Å². The molecule has 1 aromatic heterocycles. The van der Waals surface area contributed by atoms with E-state index in [2.05, 4.69) is 15.4 Å². The van der Waals surface area contributed by atoms with E-state index in [9.17, 15) is 4.79 Å². The molecular weight excluding hydrogens is 206 g/mol. The number of aryl methyl sites for hydroxylation is 1. The number of urea groups is 1. The highest BCUT2D eigenvalue weighted by Crippen LogP contribution is 2.17. The van der Waals surface area contributed by atoms with Crippen LogP contribution in [-0.4, -0.2) is 20.8 Å². The van der Waals surface area contributed by atoms with Gasteiger partial charge in [-0.05, 0) is 0 Å². The summed E-state index contributed by atoms with van der Waals surface area (Å²) in [7, 11) is 1.75. The fourth-order valence-corrected chi connectivity index (χ4v) is 1.39. The summed E-state index contributed by atoms with van der Waals surface area (Å²) >= 11 is 0. The lowest BCUT2D eigenvalue weighted by Crippen LogP contribution is -2.20. The third kappa shape index (κ3) is 2.00. The van der Waals surface area contributed by atoms with E-state index in [4.69, 9.17) is 5.73 Å². The molecule has 0 unspecified atom stereocenters. The number of nitrogens with two attached hydrogens (primary N) is 1. The van der Waals surface area contributed by atoms with Crippen molar-refractivity contribution in [3.63, 3.8) is 0 Å². The molecule has 0 saturated heterocycles. The monoisotopic (exact) mass is 217 g/mol. The fourth-order valence-electron chi connectivity index (χ4n) is 1.39. The fraction of sp³-hybridized carbons (Fsp3) is 0.100. The van der Waals surface area contributed by atoms with E-state index in [1.54, 1.807) is 11.7 Å². The molecule has 0 fully saturated rings. The van der Waals surface area contributed by atoms with Gasteiger partial charge in [0, 0.05) is 12.6 Å². The lowest BCUT2D eigenvalue weighted by Gasteiger charge is -1.97. The zero-order valence-electron chi connectivity index (χ0n) is 8.71. The average Bonchev–Trinajstić information content (AvgIpc) is 2.60. The molecule has 0 bridgehead atoms. The molecule has 0 aliphatic carbocycles. The number of hydrogen-bond acceptors (Lipinski definition) is 3. The maximum atomic E-state index is 10.6. The van der Waals surface area contributed by atoms with E-state index < -0.39 is 6.03 Å². The topological polar surface area (TPSA) is 85.8 Å². The Balaban J connectivity index is 2.36. The number of anilines is 1. The van der Waals surface area contributed by atoms with Crippen LogP contribution in [0.5, 0.6) is 0 Å². The molecule has 0 aliphatic rings. The summed E-state index contributed by atoms with van der Waals surface area (Å²) in [5, 5.41) is 6.35. The van der Waals surface area contributed by atoms with E-state index in [0.717, 1.165) is 5.56 Å². The van der Waals surface area contributed by atoms with Crippen molar-refractivity contribution in [3.05, 3.63) is 30.3 Å². The van der Waals surface area contributed by atoms with Gasteiger partial charge in [0.1, 0.15) is 0 Å². The van der Waals surface area contributed by atoms with Gasteiger partial charge in [0.15, 0.2) is 5.82 Å². The second-order valence-electron chi connectivity index (χ2n) is 3.24. The molecule has 0 spiro atoms. The maximum absolute atomic E-state index is 10.6. The van der Waals surface area contributed by atoms with Crippen molar-refractivity contribution in [1.82, 2.24) is 14.8 Å². The van der Waals surface area contributed by atoms with Gasteiger partial charge >= 0.3 is 6.03 Å². The predicted octanol–water partition coefficient (Wildman–Crippen LogP) is 0.973. The van der Waals surface area contributed by atoms with Crippen LogP contribution in [-0.2, 0) is 7.05 Å². The van der Waals surface area contributed by atoms with Crippen molar-refractivity contribution < 1.29 is 4.79 Å². The van der Waals surface area contributed by atoms with Gasteiger partial charge in [0.2, 0.25) is 0 Å². The van der Waals surface area contributed by atoms with Crippen LogP contribution in [0, 0.1) is 0 Å². The Labute approximate surface area is 92.1 Å². The maximum Gasteiger partial charge on any atom is 0.319 e. The number of benzene rings is 1.